The van der Waals surface area contributed by atoms with Gasteiger partial charge in [-0.25, -0.2) is 9.78 Å². The smallest absolute Gasteiger partial charge is 0.321 e. The van der Waals surface area contributed by atoms with E-state index in [9.17, 15) is 9.59 Å². The maximum absolute atomic E-state index is 11.4. The van der Waals surface area contributed by atoms with Crippen molar-refractivity contribution in [3.05, 3.63) is 11.8 Å². The molecule has 0 atom stereocenters. The Labute approximate surface area is 103 Å². The number of nitrogens with one attached hydrogen (secondary N) is 2. The lowest BCUT2D eigenvalue weighted by molar-refractivity contribution is -0.136. The van der Waals surface area contributed by atoms with E-state index in [0.717, 1.165) is 0 Å². The van der Waals surface area contributed by atoms with Crippen LogP contribution in [0, 0.1) is 6.92 Å². The highest BCUT2D eigenvalue weighted by atomic mass is 16.5. The van der Waals surface area contributed by atoms with Gasteiger partial charge in [0.25, 0.3) is 0 Å². The Hall–Kier alpha value is -2.38. The molecule has 1 aromatic rings. The Bertz CT molecular complexity index is 450. The summed E-state index contributed by atoms with van der Waals surface area (Å²) < 4.78 is 4.93. The van der Waals surface area contributed by atoms with Crippen LogP contribution in [0.15, 0.2) is 6.07 Å². The van der Waals surface area contributed by atoms with E-state index in [1.807, 2.05) is 0 Å². The predicted octanol–water partition coefficient (Wildman–Crippen LogP) is 0.390. The van der Waals surface area contributed by atoms with Gasteiger partial charge in [-0.1, -0.05) is 0 Å². The van der Waals surface area contributed by atoms with Gasteiger partial charge in [0, 0.05) is 18.3 Å². The second kappa shape index (κ2) is 6.38. The van der Waals surface area contributed by atoms with Crippen LogP contribution in [0.1, 0.15) is 12.1 Å². The molecule has 0 spiro atoms. The number of aromatic nitrogens is 2. The number of aliphatic carboxylic acids is 1. The van der Waals surface area contributed by atoms with Crippen molar-refractivity contribution in [2.24, 2.45) is 0 Å². The minimum Gasteiger partial charge on any atom is -0.481 e. The quantitative estimate of drug-likeness (QED) is 0.700. The second-order valence-electron chi connectivity index (χ2n) is 3.40. The molecule has 0 saturated heterocycles. The summed E-state index contributed by atoms with van der Waals surface area (Å²) in [5.41, 5.74) is 0.641. The SMILES string of the molecule is COc1cc(C)nc(NC(=O)NCCC(=O)O)n1. The van der Waals surface area contributed by atoms with Gasteiger partial charge in [0.15, 0.2) is 0 Å². The molecular formula is C10H14N4O4. The zero-order valence-corrected chi connectivity index (χ0v) is 10.1. The van der Waals surface area contributed by atoms with Crippen molar-refractivity contribution in [3.63, 3.8) is 0 Å². The minimum absolute atomic E-state index is 0.0319. The molecule has 1 heterocycles. The molecule has 0 aliphatic heterocycles. The molecule has 0 radical (unpaired) electrons. The Kier molecular flexibility index (Phi) is 4.85. The van der Waals surface area contributed by atoms with Crippen LogP contribution in [0.3, 0.4) is 0 Å². The highest BCUT2D eigenvalue weighted by Gasteiger charge is 2.07. The van der Waals surface area contributed by atoms with Crippen molar-refractivity contribution < 1.29 is 19.4 Å². The number of carboxylic acid groups (broad SMARTS) is 1. The number of aryl methyl sites for hydroxylation is 1. The van der Waals surface area contributed by atoms with Crippen LogP contribution in [-0.4, -0.2) is 40.7 Å². The predicted molar refractivity (Wildman–Crippen MR) is 62.6 cm³/mol. The van der Waals surface area contributed by atoms with Gasteiger partial charge in [0.05, 0.1) is 13.5 Å². The maximum Gasteiger partial charge on any atom is 0.321 e. The zero-order chi connectivity index (χ0) is 13.5. The van der Waals surface area contributed by atoms with Gasteiger partial charge >= 0.3 is 12.0 Å². The van der Waals surface area contributed by atoms with Crippen LogP contribution >= 0.6 is 0 Å². The zero-order valence-electron chi connectivity index (χ0n) is 10.1. The normalized spacial score (nSPS) is 9.67. The third-order valence-electron chi connectivity index (χ3n) is 1.89. The molecule has 1 rings (SSSR count). The fourth-order valence-corrected chi connectivity index (χ4v) is 1.13. The lowest BCUT2D eigenvalue weighted by atomic mass is 10.4. The Morgan fingerprint density at radius 3 is 2.78 bits per heavy atom. The molecule has 0 saturated carbocycles. The molecule has 0 aromatic carbocycles. The van der Waals surface area contributed by atoms with E-state index >= 15 is 0 Å². The molecule has 0 aliphatic carbocycles. The number of rotatable bonds is 5. The van der Waals surface area contributed by atoms with Crippen LogP contribution < -0.4 is 15.4 Å². The van der Waals surface area contributed by atoms with Crippen molar-refractivity contribution in [3.8, 4) is 5.88 Å². The number of anilines is 1. The molecule has 0 fully saturated rings. The van der Waals surface area contributed by atoms with Gasteiger partial charge in [0.2, 0.25) is 11.8 Å². The Morgan fingerprint density at radius 1 is 1.44 bits per heavy atom. The van der Waals surface area contributed by atoms with Crippen LogP contribution in [0.25, 0.3) is 0 Å². The Balaban J connectivity index is 2.53. The van der Waals surface area contributed by atoms with Gasteiger partial charge in [-0.05, 0) is 6.92 Å². The summed E-state index contributed by atoms with van der Waals surface area (Å²) in [6.45, 7) is 1.77. The highest BCUT2D eigenvalue weighted by molar-refractivity contribution is 5.87. The molecule has 0 unspecified atom stereocenters. The molecule has 3 N–H and O–H groups in total. The lowest BCUT2D eigenvalue weighted by Gasteiger charge is -2.07. The van der Waals surface area contributed by atoms with E-state index in [1.54, 1.807) is 13.0 Å². The first kappa shape index (κ1) is 13.7. The summed E-state index contributed by atoms with van der Waals surface area (Å²) >= 11 is 0. The summed E-state index contributed by atoms with van der Waals surface area (Å²) in [6.07, 6.45) is -0.147. The number of carbonyl (C=O) groups is 2. The number of urea groups is 1. The van der Waals surface area contributed by atoms with E-state index in [0.29, 0.717) is 11.6 Å². The van der Waals surface area contributed by atoms with Gasteiger partial charge in [0.1, 0.15) is 0 Å². The Morgan fingerprint density at radius 2 is 2.17 bits per heavy atom. The number of methoxy groups -OCH3 is 1. The van der Waals surface area contributed by atoms with Gasteiger partial charge < -0.3 is 15.2 Å². The topological polar surface area (TPSA) is 113 Å². The van der Waals surface area contributed by atoms with Gasteiger partial charge in [-0.2, -0.15) is 4.98 Å². The first-order valence-corrected chi connectivity index (χ1v) is 5.17. The molecule has 0 aliphatic rings. The van der Waals surface area contributed by atoms with Crippen molar-refractivity contribution in [1.29, 1.82) is 0 Å². The average molecular weight is 254 g/mol. The van der Waals surface area contributed by atoms with E-state index < -0.39 is 12.0 Å². The first-order chi connectivity index (χ1) is 8.51. The largest absolute Gasteiger partial charge is 0.481 e. The standard InChI is InChI=1S/C10H14N4O4/c1-6-5-7(18-2)13-9(12-6)14-10(17)11-4-3-8(15)16/h5H,3-4H2,1-2H3,(H,15,16)(H2,11,12,13,14,17). The number of ether oxygens (including phenoxy) is 1. The second-order valence-corrected chi connectivity index (χ2v) is 3.40. The van der Waals surface area contributed by atoms with Crippen LogP contribution in [0.5, 0.6) is 5.88 Å². The minimum atomic E-state index is -0.983. The summed E-state index contributed by atoms with van der Waals surface area (Å²) in [7, 11) is 1.46. The van der Waals surface area contributed by atoms with E-state index in [-0.39, 0.29) is 18.9 Å². The number of amides is 2. The van der Waals surface area contributed by atoms with Crippen LogP contribution in [0.4, 0.5) is 10.7 Å². The lowest BCUT2D eigenvalue weighted by Crippen LogP contribution is -2.31. The van der Waals surface area contributed by atoms with Gasteiger partial charge in [-0.15, -0.1) is 0 Å². The van der Waals surface area contributed by atoms with Crippen molar-refractivity contribution in [1.82, 2.24) is 15.3 Å². The van der Waals surface area contributed by atoms with Crippen LogP contribution in [0.2, 0.25) is 0 Å². The fourth-order valence-electron chi connectivity index (χ4n) is 1.13. The van der Waals surface area contributed by atoms with Crippen LogP contribution in [-0.2, 0) is 4.79 Å². The van der Waals surface area contributed by atoms with E-state index in [4.69, 9.17) is 9.84 Å². The third kappa shape index (κ3) is 4.64. The molecule has 1 aromatic heterocycles. The van der Waals surface area contributed by atoms with E-state index in [1.165, 1.54) is 7.11 Å². The molecule has 98 valence electrons. The maximum atomic E-state index is 11.4. The molecule has 0 bridgehead atoms. The number of hydrogen-bond donors (Lipinski definition) is 3. The van der Waals surface area contributed by atoms with E-state index in [2.05, 4.69) is 20.6 Å². The number of carboxylic acids is 1. The molecule has 8 heteroatoms. The highest BCUT2D eigenvalue weighted by Crippen LogP contribution is 2.10. The van der Waals surface area contributed by atoms with Crippen molar-refractivity contribution in [2.75, 3.05) is 19.0 Å². The van der Waals surface area contributed by atoms with Crippen molar-refractivity contribution in [2.45, 2.75) is 13.3 Å². The summed E-state index contributed by atoms with van der Waals surface area (Å²) in [5.74, 6) is -0.549. The summed E-state index contributed by atoms with van der Waals surface area (Å²) in [4.78, 5) is 29.5. The molecular weight excluding hydrogens is 240 g/mol. The third-order valence-corrected chi connectivity index (χ3v) is 1.89. The van der Waals surface area contributed by atoms with Gasteiger partial charge in [-0.3, -0.25) is 10.1 Å². The molecule has 18 heavy (non-hydrogen) atoms. The average Bonchev–Trinajstić information content (AvgIpc) is 2.27. The van der Waals surface area contributed by atoms with Crippen molar-refractivity contribution >= 4 is 17.9 Å². The summed E-state index contributed by atoms with van der Waals surface area (Å²) in [6, 6.07) is 1.05. The number of nitrogens with zero attached hydrogens (tertiary/aromatic N) is 2. The number of hydrogen-bond acceptors (Lipinski definition) is 5. The fraction of sp³-hybridized carbons (Fsp3) is 0.400. The molecule has 8 nitrogen and oxygen atoms in total. The first-order valence-electron chi connectivity index (χ1n) is 5.17. The summed E-state index contributed by atoms with van der Waals surface area (Å²) in [5, 5.41) is 13.2. The molecule has 2 amide bonds. The monoisotopic (exact) mass is 254 g/mol. The number of carbonyl (C=O) groups excluding carboxylic acids is 1.